The number of nitrogens with zero attached hydrogens (tertiary/aromatic N) is 2. The Morgan fingerprint density at radius 1 is 1.32 bits per heavy atom. The van der Waals surface area contributed by atoms with Crippen molar-refractivity contribution in [1.29, 1.82) is 0 Å². The normalized spacial score (nSPS) is 16.3. The number of hydrogen-bond donors (Lipinski definition) is 1. The summed E-state index contributed by atoms with van der Waals surface area (Å²) in [7, 11) is 3.03. The summed E-state index contributed by atoms with van der Waals surface area (Å²) >= 11 is 0. The second-order valence-electron chi connectivity index (χ2n) is 6.67. The third-order valence-corrected chi connectivity index (χ3v) is 5.03. The van der Waals surface area contributed by atoms with E-state index in [0.717, 1.165) is 36.3 Å². The fraction of sp³-hybridized carbons (Fsp3) is 0.333. The highest BCUT2D eigenvalue weighted by atomic mass is 16.5. The van der Waals surface area contributed by atoms with Crippen molar-refractivity contribution < 1.29 is 19.0 Å². The number of hydrogen-bond acceptors (Lipinski definition) is 6. The smallest absolute Gasteiger partial charge is 0.357 e. The Morgan fingerprint density at radius 3 is 2.96 bits per heavy atom. The van der Waals surface area contributed by atoms with Gasteiger partial charge < -0.3 is 19.5 Å². The van der Waals surface area contributed by atoms with Crippen molar-refractivity contribution in [3.8, 4) is 5.75 Å². The molecule has 0 saturated carbocycles. The van der Waals surface area contributed by atoms with Crippen LogP contribution in [-0.4, -0.2) is 36.2 Å². The Bertz CT molecular complexity index is 992. The molecule has 1 aliphatic heterocycles. The Morgan fingerprint density at radius 2 is 2.21 bits per heavy atom. The second-order valence-corrected chi connectivity index (χ2v) is 6.67. The van der Waals surface area contributed by atoms with Gasteiger partial charge in [0.15, 0.2) is 5.69 Å². The van der Waals surface area contributed by atoms with Crippen LogP contribution in [0.3, 0.4) is 0 Å². The van der Waals surface area contributed by atoms with E-state index in [1.807, 2.05) is 24.3 Å². The summed E-state index contributed by atoms with van der Waals surface area (Å²) in [6.45, 7) is 1.31. The van der Waals surface area contributed by atoms with E-state index in [-0.39, 0.29) is 6.10 Å². The molecule has 4 rings (SSSR count). The van der Waals surface area contributed by atoms with Gasteiger partial charge >= 0.3 is 5.97 Å². The van der Waals surface area contributed by atoms with Crippen LogP contribution in [0.2, 0.25) is 0 Å². The van der Waals surface area contributed by atoms with Gasteiger partial charge in [-0.3, -0.25) is 4.40 Å². The van der Waals surface area contributed by atoms with Gasteiger partial charge in [-0.05, 0) is 36.6 Å². The fourth-order valence-electron chi connectivity index (χ4n) is 3.58. The van der Waals surface area contributed by atoms with Gasteiger partial charge in [0.05, 0.1) is 26.0 Å². The van der Waals surface area contributed by atoms with Crippen LogP contribution in [0.4, 0.5) is 5.69 Å². The molecular formula is C21H23N3O4. The summed E-state index contributed by atoms with van der Waals surface area (Å²) in [5.41, 5.74) is 3.89. The molecule has 146 valence electrons. The zero-order chi connectivity index (χ0) is 19.5. The summed E-state index contributed by atoms with van der Waals surface area (Å²) in [4.78, 5) is 16.5. The summed E-state index contributed by atoms with van der Waals surface area (Å²) in [5, 5.41) is 3.33. The fourth-order valence-corrected chi connectivity index (χ4v) is 3.58. The SMILES string of the molecule is COC(=O)c1c(NCc2ccc(C3CCCO3)cc2OC)ccc2nccn12. The minimum atomic E-state index is -0.424. The van der Waals surface area contributed by atoms with Crippen molar-refractivity contribution in [2.45, 2.75) is 25.5 Å². The van der Waals surface area contributed by atoms with Gasteiger partial charge in [0.1, 0.15) is 11.4 Å². The Kier molecular flexibility index (Phi) is 5.16. The highest BCUT2D eigenvalue weighted by Gasteiger charge is 2.20. The molecule has 7 heteroatoms. The van der Waals surface area contributed by atoms with E-state index in [1.54, 1.807) is 23.9 Å². The molecule has 0 spiro atoms. The third-order valence-electron chi connectivity index (χ3n) is 5.03. The van der Waals surface area contributed by atoms with Crippen molar-refractivity contribution in [2.24, 2.45) is 0 Å². The Hall–Kier alpha value is -3.06. The van der Waals surface area contributed by atoms with Crippen molar-refractivity contribution in [3.63, 3.8) is 0 Å². The molecule has 1 fully saturated rings. The van der Waals surface area contributed by atoms with Gasteiger partial charge in [-0.1, -0.05) is 12.1 Å². The van der Waals surface area contributed by atoms with Gasteiger partial charge in [-0.15, -0.1) is 0 Å². The molecular weight excluding hydrogens is 358 g/mol. The minimum absolute atomic E-state index is 0.144. The Labute approximate surface area is 163 Å². The second kappa shape index (κ2) is 7.90. The van der Waals surface area contributed by atoms with Gasteiger partial charge in [0, 0.05) is 31.1 Å². The number of carbonyl (C=O) groups is 1. The number of carbonyl (C=O) groups excluding carboxylic acids is 1. The van der Waals surface area contributed by atoms with E-state index in [4.69, 9.17) is 14.2 Å². The van der Waals surface area contributed by atoms with E-state index >= 15 is 0 Å². The highest BCUT2D eigenvalue weighted by Crippen LogP contribution is 2.32. The molecule has 7 nitrogen and oxygen atoms in total. The predicted octanol–water partition coefficient (Wildman–Crippen LogP) is 3.59. The molecule has 1 aliphatic rings. The van der Waals surface area contributed by atoms with E-state index in [2.05, 4.69) is 16.4 Å². The number of fused-ring (bicyclic) bond motifs is 1. The summed E-state index contributed by atoms with van der Waals surface area (Å²) in [6, 6.07) is 9.84. The van der Waals surface area contributed by atoms with E-state index in [1.165, 1.54) is 7.11 Å². The third kappa shape index (κ3) is 3.41. The molecule has 2 aromatic heterocycles. The van der Waals surface area contributed by atoms with Gasteiger partial charge in [0.2, 0.25) is 0 Å². The van der Waals surface area contributed by atoms with Crippen LogP contribution < -0.4 is 10.1 Å². The number of methoxy groups -OCH3 is 2. The predicted molar refractivity (Wildman–Crippen MR) is 105 cm³/mol. The Balaban J connectivity index is 1.60. The molecule has 0 amide bonds. The molecule has 1 N–H and O–H groups in total. The van der Waals surface area contributed by atoms with Crippen LogP contribution in [-0.2, 0) is 16.0 Å². The zero-order valence-corrected chi connectivity index (χ0v) is 16.0. The van der Waals surface area contributed by atoms with E-state index in [9.17, 15) is 4.79 Å². The number of pyridine rings is 1. The molecule has 0 bridgehead atoms. The number of ether oxygens (including phenoxy) is 3. The summed E-state index contributed by atoms with van der Waals surface area (Å²) < 4.78 is 18.0. The van der Waals surface area contributed by atoms with E-state index in [0.29, 0.717) is 23.6 Å². The number of benzene rings is 1. The first-order valence-corrected chi connectivity index (χ1v) is 9.28. The quantitative estimate of drug-likeness (QED) is 0.658. The number of rotatable bonds is 6. The molecule has 1 unspecified atom stereocenters. The van der Waals surface area contributed by atoms with Crippen LogP contribution in [0.5, 0.6) is 5.75 Å². The van der Waals surface area contributed by atoms with Crippen LogP contribution in [0, 0.1) is 0 Å². The van der Waals surface area contributed by atoms with Crippen molar-refractivity contribution in [2.75, 3.05) is 26.1 Å². The molecule has 1 aromatic carbocycles. The van der Waals surface area contributed by atoms with Gasteiger partial charge in [-0.2, -0.15) is 0 Å². The monoisotopic (exact) mass is 381 g/mol. The number of esters is 1. The molecule has 28 heavy (non-hydrogen) atoms. The lowest BCUT2D eigenvalue weighted by Gasteiger charge is -2.16. The highest BCUT2D eigenvalue weighted by molar-refractivity contribution is 5.94. The standard InChI is InChI=1S/C21H23N3O4/c1-26-18-12-14(17-4-3-11-28-17)5-6-15(18)13-23-16-7-8-19-22-9-10-24(19)20(16)21(25)27-2/h5-10,12,17,23H,3-4,11,13H2,1-2H3. The molecule has 1 atom stereocenters. The first-order chi connectivity index (χ1) is 13.7. The van der Waals surface area contributed by atoms with Gasteiger partial charge in [-0.25, -0.2) is 9.78 Å². The van der Waals surface area contributed by atoms with E-state index < -0.39 is 5.97 Å². The average Bonchev–Trinajstić information content (AvgIpc) is 3.43. The maximum absolute atomic E-state index is 12.3. The molecule has 0 radical (unpaired) electrons. The van der Waals surface area contributed by atoms with Crippen LogP contribution in [0.1, 0.15) is 40.6 Å². The lowest BCUT2D eigenvalue weighted by molar-refractivity contribution is 0.0593. The van der Waals surface area contributed by atoms with Crippen LogP contribution in [0.25, 0.3) is 5.65 Å². The average molecular weight is 381 g/mol. The maximum atomic E-state index is 12.3. The van der Waals surface area contributed by atoms with Crippen molar-refractivity contribution in [3.05, 3.63) is 59.5 Å². The number of anilines is 1. The lowest BCUT2D eigenvalue weighted by Crippen LogP contribution is -2.13. The van der Waals surface area contributed by atoms with Crippen molar-refractivity contribution >= 4 is 17.3 Å². The van der Waals surface area contributed by atoms with Crippen molar-refractivity contribution in [1.82, 2.24) is 9.38 Å². The summed E-state index contributed by atoms with van der Waals surface area (Å²) in [5.74, 6) is 0.371. The lowest BCUT2D eigenvalue weighted by atomic mass is 10.0. The minimum Gasteiger partial charge on any atom is -0.496 e. The first-order valence-electron chi connectivity index (χ1n) is 9.28. The molecule has 3 aromatic rings. The first kappa shape index (κ1) is 18.3. The van der Waals surface area contributed by atoms with Crippen LogP contribution in [0.15, 0.2) is 42.7 Å². The molecule has 1 saturated heterocycles. The van der Waals surface area contributed by atoms with Crippen LogP contribution >= 0.6 is 0 Å². The zero-order valence-electron chi connectivity index (χ0n) is 16.0. The molecule has 3 heterocycles. The van der Waals surface area contributed by atoms with Gasteiger partial charge in [0.25, 0.3) is 0 Å². The summed E-state index contributed by atoms with van der Waals surface area (Å²) in [6.07, 6.45) is 5.66. The number of nitrogens with one attached hydrogen (secondary N) is 1. The largest absolute Gasteiger partial charge is 0.496 e. The molecule has 0 aliphatic carbocycles. The maximum Gasteiger partial charge on any atom is 0.357 e. The number of aromatic nitrogens is 2. The topological polar surface area (TPSA) is 74.1 Å². The number of imidazole rings is 1.